The molecule has 22 heavy (non-hydrogen) atoms. The van der Waals surface area contributed by atoms with Gasteiger partial charge in [-0.1, -0.05) is 38.1 Å². The normalized spacial score (nSPS) is 10.5. The standard InChI is InChI=1S/C16H16N2O4/c1-11(2)12-5-7-13(8-6-12)14(19)10-22-15-4-3-9-17-16(15)18(20)21/h3-9,11H,10H2,1-2H3. The number of hydrogen-bond acceptors (Lipinski definition) is 5. The van der Waals surface area contributed by atoms with Crippen molar-refractivity contribution in [1.82, 2.24) is 4.98 Å². The number of nitro groups is 1. The van der Waals surface area contributed by atoms with Crippen LogP contribution in [0.2, 0.25) is 0 Å². The molecule has 0 spiro atoms. The summed E-state index contributed by atoms with van der Waals surface area (Å²) in [5, 5.41) is 10.8. The van der Waals surface area contributed by atoms with Crippen LogP contribution in [0.4, 0.5) is 5.82 Å². The monoisotopic (exact) mass is 300 g/mol. The molecule has 114 valence electrons. The van der Waals surface area contributed by atoms with Crippen LogP contribution in [-0.2, 0) is 0 Å². The molecule has 0 unspecified atom stereocenters. The fraction of sp³-hybridized carbons (Fsp3) is 0.250. The van der Waals surface area contributed by atoms with Gasteiger partial charge in [0, 0.05) is 5.56 Å². The van der Waals surface area contributed by atoms with Gasteiger partial charge in [-0.3, -0.25) is 4.79 Å². The van der Waals surface area contributed by atoms with Crippen molar-refractivity contribution in [2.45, 2.75) is 19.8 Å². The van der Waals surface area contributed by atoms with Crippen LogP contribution in [0, 0.1) is 10.1 Å². The molecule has 1 heterocycles. The summed E-state index contributed by atoms with van der Waals surface area (Å²) >= 11 is 0. The number of aromatic nitrogens is 1. The van der Waals surface area contributed by atoms with Gasteiger partial charge in [0.05, 0.1) is 0 Å². The number of ether oxygens (including phenoxy) is 1. The lowest BCUT2D eigenvalue weighted by atomic mass is 10.0. The zero-order valence-corrected chi connectivity index (χ0v) is 12.4. The molecule has 0 radical (unpaired) electrons. The predicted molar refractivity (Wildman–Crippen MR) is 81.2 cm³/mol. The first kappa shape index (κ1) is 15.6. The second kappa shape index (κ2) is 6.80. The first-order valence-corrected chi connectivity index (χ1v) is 6.84. The molecule has 0 fully saturated rings. The Balaban J connectivity index is 2.05. The number of carbonyl (C=O) groups is 1. The van der Waals surface area contributed by atoms with E-state index in [-0.39, 0.29) is 18.1 Å². The summed E-state index contributed by atoms with van der Waals surface area (Å²) in [5.74, 6) is -0.267. The van der Waals surface area contributed by atoms with Crippen molar-refractivity contribution in [3.05, 3.63) is 63.8 Å². The van der Waals surface area contributed by atoms with E-state index in [4.69, 9.17) is 4.74 Å². The highest BCUT2D eigenvalue weighted by atomic mass is 16.6. The molecular formula is C16H16N2O4. The van der Waals surface area contributed by atoms with Crippen LogP contribution in [0.25, 0.3) is 0 Å². The van der Waals surface area contributed by atoms with Crippen molar-refractivity contribution >= 4 is 11.6 Å². The first-order valence-electron chi connectivity index (χ1n) is 6.84. The second-order valence-corrected chi connectivity index (χ2v) is 5.07. The maximum Gasteiger partial charge on any atom is 0.406 e. The van der Waals surface area contributed by atoms with Crippen molar-refractivity contribution in [3.63, 3.8) is 0 Å². The molecule has 0 aliphatic carbocycles. The van der Waals surface area contributed by atoms with Gasteiger partial charge in [-0.15, -0.1) is 0 Å². The number of ketones is 1. The highest BCUT2D eigenvalue weighted by Gasteiger charge is 2.17. The zero-order chi connectivity index (χ0) is 16.1. The zero-order valence-electron chi connectivity index (χ0n) is 12.4. The van der Waals surface area contributed by atoms with E-state index >= 15 is 0 Å². The van der Waals surface area contributed by atoms with Crippen molar-refractivity contribution < 1.29 is 14.5 Å². The summed E-state index contributed by atoms with van der Waals surface area (Å²) in [6.45, 7) is 3.87. The summed E-state index contributed by atoms with van der Waals surface area (Å²) < 4.78 is 5.24. The van der Waals surface area contributed by atoms with E-state index in [1.807, 2.05) is 12.1 Å². The topological polar surface area (TPSA) is 82.3 Å². The maximum atomic E-state index is 12.1. The Bertz CT molecular complexity index is 681. The minimum absolute atomic E-state index is 0.0142. The van der Waals surface area contributed by atoms with Crippen LogP contribution in [0.15, 0.2) is 42.6 Å². The summed E-state index contributed by atoms with van der Waals surface area (Å²) in [6, 6.07) is 10.2. The fourth-order valence-electron chi connectivity index (χ4n) is 1.91. The van der Waals surface area contributed by atoms with Crippen LogP contribution in [0.3, 0.4) is 0 Å². The number of nitrogens with zero attached hydrogens (tertiary/aromatic N) is 2. The van der Waals surface area contributed by atoms with Crippen molar-refractivity contribution in [2.75, 3.05) is 6.61 Å². The molecule has 6 heteroatoms. The first-order chi connectivity index (χ1) is 10.5. The summed E-state index contributed by atoms with van der Waals surface area (Å²) in [6.07, 6.45) is 1.30. The molecule has 2 aromatic rings. The van der Waals surface area contributed by atoms with Crippen LogP contribution in [0.5, 0.6) is 5.75 Å². The van der Waals surface area contributed by atoms with Crippen LogP contribution < -0.4 is 4.74 Å². The van der Waals surface area contributed by atoms with Gasteiger partial charge in [0.1, 0.15) is 6.20 Å². The van der Waals surface area contributed by atoms with E-state index < -0.39 is 10.7 Å². The smallest absolute Gasteiger partial charge is 0.406 e. The third-order valence-electron chi connectivity index (χ3n) is 3.18. The molecule has 0 N–H and O–H groups in total. The Hall–Kier alpha value is -2.76. The van der Waals surface area contributed by atoms with Crippen LogP contribution in [0.1, 0.15) is 35.7 Å². The SMILES string of the molecule is CC(C)c1ccc(C(=O)COc2cccnc2[N+](=O)[O-])cc1. The van der Waals surface area contributed by atoms with Crippen LogP contribution in [-0.4, -0.2) is 22.3 Å². The van der Waals surface area contributed by atoms with Crippen molar-refractivity contribution in [2.24, 2.45) is 0 Å². The number of pyridine rings is 1. The Kier molecular flexibility index (Phi) is 4.83. The van der Waals surface area contributed by atoms with Gasteiger partial charge in [0.25, 0.3) is 0 Å². The largest absolute Gasteiger partial charge is 0.477 e. The molecule has 6 nitrogen and oxygen atoms in total. The van der Waals surface area contributed by atoms with Crippen LogP contribution >= 0.6 is 0 Å². The molecule has 0 amide bonds. The highest BCUT2D eigenvalue weighted by Crippen LogP contribution is 2.23. The van der Waals surface area contributed by atoms with Gasteiger partial charge in [0.15, 0.2) is 12.4 Å². The van der Waals surface area contributed by atoms with Gasteiger partial charge < -0.3 is 14.9 Å². The minimum atomic E-state index is -0.642. The predicted octanol–water partition coefficient (Wildman–Crippen LogP) is 3.37. The molecule has 0 saturated heterocycles. The quantitative estimate of drug-likeness (QED) is 0.464. The average Bonchev–Trinajstić information content (AvgIpc) is 2.52. The Morgan fingerprint density at radius 1 is 1.27 bits per heavy atom. The lowest BCUT2D eigenvalue weighted by molar-refractivity contribution is -0.390. The van der Waals surface area contributed by atoms with E-state index in [1.165, 1.54) is 18.3 Å². The number of carbonyl (C=O) groups excluding carboxylic acids is 1. The summed E-state index contributed by atoms with van der Waals surface area (Å²) in [4.78, 5) is 25.9. The van der Waals surface area contributed by atoms with Gasteiger partial charge in [-0.25, -0.2) is 0 Å². The Morgan fingerprint density at radius 2 is 1.95 bits per heavy atom. The third-order valence-corrected chi connectivity index (χ3v) is 3.18. The van der Waals surface area contributed by atoms with Crippen molar-refractivity contribution in [1.29, 1.82) is 0 Å². The van der Waals surface area contributed by atoms with Gasteiger partial charge in [-0.05, 0) is 33.5 Å². The highest BCUT2D eigenvalue weighted by molar-refractivity contribution is 5.97. The molecule has 0 bridgehead atoms. The number of rotatable bonds is 6. The van der Waals surface area contributed by atoms with Gasteiger partial charge >= 0.3 is 5.82 Å². The second-order valence-electron chi connectivity index (χ2n) is 5.07. The van der Waals surface area contributed by atoms with E-state index in [1.54, 1.807) is 12.1 Å². The summed E-state index contributed by atoms with van der Waals surface area (Å²) in [5.41, 5.74) is 1.65. The average molecular weight is 300 g/mol. The number of hydrogen-bond donors (Lipinski definition) is 0. The Labute approximate surface area is 127 Å². The van der Waals surface area contributed by atoms with E-state index in [9.17, 15) is 14.9 Å². The van der Waals surface area contributed by atoms with E-state index in [2.05, 4.69) is 18.8 Å². The molecule has 0 aliphatic heterocycles. The molecule has 0 saturated carbocycles. The molecule has 0 atom stereocenters. The number of Topliss-reactive ketones (excluding diaryl/α,β-unsaturated/α-hetero) is 1. The lowest BCUT2D eigenvalue weighted by Gasteiger charge is -2.07. The van der Waals surface area contributed by atoms with Gasteiger partial charge in [0.2, 0.25) is 5.75 Å². The van der Waals surface area contributed by atoms with E-state index in [0.717, 1.165) is 5.56 Å². The van der Waals surface area contributed by atoms with Gasteiger partial charge in [-0.2, -0.15) is 0 Å². The number of benzene rings is 1. The lowest BCUT2D eigenvalue weighted by Crippen LogP contribution is -2.12. The maximum absolute atomic E-state index is 12.1. The van der Waals surface area contributed by atoms with E-state index in [0.29, 0.717) is 11.5 Å². The molecule has 1 aromatic heterocycles. The molecule has 1 aromatic carbocycles. The summed E-state index contributed by atoms with van der Waals surface area (Å²) in [7, 11) is 0. The molecular weight excluding hydrogens is 284 g/mol. The molecule has 0 aliphatic rings. The minimum Gasteiger partial charge on any atom is -0.477 e. The van der Waals surface area contributed by atoms with Crippen molar-refractivity contribution in [3.8, 4) is 5.75 Å². The fourth-order valence-corrected chi connectivity index (χ4v) is 1.91. The molecule has 2 rings (SSSR count). The third kappa shape index (κ3) is 3.66. The Morgan fingerprint density at radius 3 is 2.55 bits per heavy atom.